The van der Waals surface area contributed by atoms with Crippen LogP contribution >= 0.6 is 0 Å². The fourth-order valence-electron chi connectivity index (χ4n) is 1.64. The Bertz CT molecular complexity index is 267. The Balaban J connectivity index is 2.37. The molecule has 14 heavy (non-hydrogen) atoms. The molecule has 0 saturated carbocycles. The molecule has 0 saturated heterocycles. The number of nitrogens with two attached hydrogens (primary N) is 1. The van der Waals surface area contributed by atoms with Gasteiger partial charge >= 0.3 is 0 Å². The summed E-state index contributed by atoms with van der Waals surface area (Å²) in [4.78, 5) is 0. The summed E-state index contributed by atoms with van der Waals surface area (Å²) in [5, 5.41) is 4.14. The van der Waals surface area contributed by atoms with Gasteiger partial charge in [0.2, 0.25) is 0 Å². The zero-order valence-electron chi connectivity index (χ0n) is 9.40. The Hall–Kier alpha value is -0.830. The van der Waals surface area contributed by atoms with E-state index < -0.39 is 0 Å². The van der Waals surface area contributed by atoms with Gasteiger partial charge in [-0.15, -0.1) is 0 Å². The number of hydrogen-bond donors (Lipinski definition) is 1. The van der Waals surface area contributed by atoms with Crippen LogP contribution in [-0.4, -0.2) is 15.8 Å². The van der Waals surface area contributed by atoms with Crippen molar-refractivity contribution in [3.05, 3.63) is 18.0 Å². The van der Waals surface area contributed by atoms with Crippen LogP contribution in [0.15, 0.2) is 12.3 Å². The SMILES string of the molecule is CCC(N)C(C)CCc1ccnn1C. The summed E-state index contributed by atoms with van der Waals surface area (Å²) in [7, 11) is 1.99. The van der Waals surface area contributed by atoms with Crippen molar-refractivity contribution in [2.75, 3.05) is 0 Å². The average molecular weight is 195 g/mol. The fraction of sp³-hybridized carbons (Fsp3) is 0.727. The molecule has 0 fully saturated rings. The summed E-state index contributed by atoms with van der Waals surface area (Å²) >= 11 is 0. The second-order valence-corrected chi connectivity index (χ2v) is 4.03. The van der Waals surface area contributed by atoms with Crippen molar-refractivity contribution in [1.29, 1.82) is 0 Å². The smallest absolute Gasteiger partial charge is 0.0492 e. The lowest BCUT2D eigenvalue weighted by Crippen LogP contribution is -2.27. The van der Waals surface area contributed by atoms with Gasteiger partial charge in [0.25, 0.3) is 0 Å². The molecule has 1 rings (SSSR count). The Kier molecular flexibility index (Phi) is 4.14. The standard InChI is InChI=1S/C11H21N3/c1-4-11(12)9(2)5-6-10-7-8-13-14(10)3/h7-9,11H,4-6,12H2,1-3H3. The second-order valence-electron chi connectivity index (χ2n) is 4.03. The van der Waals surface area contributed by atoms with Crippen LogP contribution in [0.3, 0.4) is 0 Å². The van der Waals surface area contributed by atoms with Crippen molar-refractivity contribution in [3.8, 4) is 0 Å². The van der Waals surface area contributed by atoms with Gasteiger partial charge in [-0.25, -0.2) is 0 Å². The quantitative estimate of drug-likeness (QED) is 0.777. The van der Waals surface area contributed by atoms with Gasteiger partial charge < -0.3 is 5.73 Å². The third-order valence-electron chi connectivity index (χ3n) is 2.98. The van der Waals surface area contributed by atoms with E-state index in [2.05, 4.69) is 25.0 Å². The molecule has 2 N–H and O–H groups in total. The van der Waals surface area contributed by atoms with Gasteiger partial charge in [-0.2, -0.15) is 5.10 Å². The molecule has 2 unspecified atom stereocenters. The Morgan fingerprint density at radius 1 is 1.57 bits per heavy atom. The summed E-state index contributed by atoms with van der Waals surface area (Å²) in [6.45, 7) is 4.37. The van der Waals surface area contributed by atoms with Crippen LogP contribution in [0, 0.1) is 5.92 Å². The molecular formula is C11H21N3. The lowest BCUT2D eigenvalue weighted by atomic mass is 9.95. The molecule has 0 radical (unpaired) electrons. The van der Waals surface area contributed by atoms with Crippen LogP contribution < -0.4 is 5.73 Å². The predicted octanol–water partition coefficient (Wildman–Crippen LogP) is 1.73. The predicted molar refractivity (Wildman–Crippen MR) is 59.0 cm³/mol. The molecule has 0 aliphatic carbocycles. The van der Waals surface area contributed by atoms with Crippen LogP contribution in [0.25, 0.3) is 0 Å². The van der Waals surface area contributed by atoms with Crippen LogP contribution in [0.5, 0.6) is 0 Å². The molecule has 0 amide bonds. The minimum absolute atomic E-state index is 0.336. The molecule has 80 valence electrons. The van der Waals surface area contributed by atoms with E-state index >= 15 is 0 Å². The normalized spacial score (nSPS) is 15.4. The van der Waals surface area contributed by atoms with Gasteiger partial charge in [-0.05, 0) is 31.2 Å². The molecule has 0 spiro atoms. The average Bonchev–Trinajstić information content (AvgIpc) is 2.59. The van der Waals surface area contributed by atoms with Crippen LogP contribution in [-0.2, 0) is 13.5 Å². The number of aryl methyl sites for hydroxylation is 2. The molecule has 1 heterocycles. The first-order chi connectivity index (χ1) is 6.65. The van der Waals surface area contributed by atoms with Gasteiger partial charge in [0.05, 0.1) is 0 Å². The van der Waals surface area contributed by atoms with Gasteiger partial charge in [0.15, 0.2) is 0 Å². The molecule has 1 aromatic rings. The summed E-state index contributed by atoms with van der Waals surface area (Å²) in [5.74, 6) is 0.592. The molecule has 0 aliphatic heterocycles. The van der Waals surface area contributed by atoms with Crippen molar-refractivity contribution >= 4 is 0 Å². The van der Waals surface area contributed by atoms with E-state index in [0.717, 1.165) is 19.3 Å². The van der Waals surface area contributed by atoms with E-state index in [9.17, 15) is 0 Å². The van der Waals surface area contributed by atoms with Crippen molar-refractivity contribution in [3.63, 3.8) is 0 Å². The van der Waals surface area contributed by atoms with Crippen LogP contribution in [0.4, 0.5) is 0 Å². The summed E-state index contributed by atoms with van der Waals surface area (Å²) < 4.78 is 1.93. The molecular weight excluding hydrogens is 174 g/mol. The van der Waals surface area contributed by atoms with Crippen LogP contribution in [0.2, 0.25) is 0 Å². The maximum atomic E-state index is 5.97. The van der Waals surface area contributed by atoms with Crippen LogP contribution in [0.1, 0.15) is 32.4 Å². The molecule has 0 aromatic carbocycles. The van der Waals surface area contributed by atoms with E-state index in [1.807, 2.05) is 17.9 Å². The molecule has 0 aliphatic rings. The van der Waals surface area contributed by atoms with Gasteiger partial charge in [-0.3, -0.25) is 4.68 Å². The van der Waals surface area contributed by atoms with E-state index in [4.69, 9.17) is 5.73 Å². The Morgan fingerprint density at radius 2 is 2.29 bits per heavy atom. The maximum absolute atomic E-state index is 5.97. The third-order valence-corrected chi connectivity index (χ3v) is 2.98. The first-order valence-corrected chi connectivity index (χ1v) is 5.37. The van der Waals surface area contributed by atoms with Gasteiger partial charge in [0.1, 0.15) is 0 Å². The Labute approximate surface area is 86.3 Å². The number of nitrogens with zero attached hydrogens (tertiary/aromatic N) is 2. The molecule has 0 bridgehead atoms. The molecule has 3 nitrogen and oxygen atoms in total. The topological polar surface area (TPSA) is 43.8 Å². The van der Waals surface area contributed by atoms with E-state index in [1.54, 1.807) is 0 Å². The lowest BCUT2D eigenvalue weighted by molar-refractivity contribution is 0.413. The zero-order valence-corrected chi connectivity index (χ0v) is 9.40. The Morgan fingerprint density at radius 3 is 2.79 bits per heavy atom. The van der Waals surface area contributed by atoms with Crippen molar-refractivity contribution < 1.29 is 0 Å². The molecule has 2 atom stereocenters. The first kappa shape index (κ1) is 11.2. The minimum Gasteiger partial charge on any atom is -0.327 e. The molecule has 3 heteroatoms. The summed E-state index contributed by atoms with van der Waals surface area (Å²) in [6.07, 6.45) is 5.13. The highest BCUT2D eigenvalue weighted by atomic mass is 15.2. The summed E-state index contributed by atoms with van der Waals surface area (Å²) in [5.41, 5.74) is 7.26. The number of aromatic nitrogens is 2. The summed E-state index contributed by atoms with van der Waals surface area (Å²) in [6, 6.07) is 2.41. The monoisotopic (exact) mass is 195 g/mol. The van der Waals surface area contributed by atoms with Crippen molar-refractivity contribution in [2.24, 2.45) is 18.7 Å². The van der Waals surface area contributed by atoms with E-state index in [1.165, 1.54) is 5.69 Å². The highest BCUT2D eigenvalue weighted by molar-refractivity contribution is 5.00. The van der Waals surface area contributed by atoms with Crippen molar-refractivity contribution in [1.82, 2.24) is 9.78 Å². The first-order valence-electron chi connectivity index (χ1n) is 5.37. The highest BCUT2D eigenvalue weighted by Gasteiger charge is 2.11. The van der Waals surface area contributed by atoms with Gasteiger partial charge in [-0.1, -0.05) is 13.8 Å². The highest BCUT2D eigenvalue weighted by Crippen LogP contribution is 2.12. The largest absolute Gasteiger partial charge is 0.327 e. The zero-order chi connectivity index (χ0) is 10.6. The third kappa shape index (κ3) is 2.84. The fourth-order valence-corrected chi connectivity index (χ4v) is 1.64. The number of rotatable bonds is 5. The van der Waals surface area contributed by atoms with E-state index in [-0.39, 0.29) is 0 Å². The van der Waals surface area contributed by atoms with E-state index in [0.29, 0.717) is 12.0 Å². The van der Waals surface area contributed by atoms with Gasteiger partial charge in [0, 0.05) is 25.0 Å². The second kappa shape index (κ2) is 5.15. The lowest BCUT2D eigenvalue weighted by Gasteiger charge is -2.17. The number of hydrogen-bond acceptors (Lipinski definition) is 2. The molecule has 1 aromatic heterocycles. The minimum atomic E-state index is 0.336. The maximum Gasteiger partial charge on any atom is 0.0492 e. The van der Waals surface area contributed by atoms with Crippen molar-refractivity contribution in [2.45, 2.75) is 39.2 Å².